The summed E-state index contributed by atoms with van der Waals surface area (Å²) < 4.78 is 31.7. The van der Waals surface area contributed by atoms with Crippen LogP contribution in [0.5, 0.6) is 46.0 Å². The van der Waals surface area contributed by atoms with E-state index < -0.39 is 38.1 Å². The molecule has 16 aliphatic rings. The molecule has 16 aliphatic carbocycles. The molecule has 28 atom stereocenters. The van der Waals surface area contributed by atoms with E-state index in [1.165, 1.54) is 40.7 Å². The van der Waals surface area contributed by atoms with Crippen LogP contribution in [0, 0.1) is 162 Å². The molecule has 4 aromatic rings. The normalized spacial score (nSPS) is 43.4. The van der Waals surface area contributed by atoms with Gasteiger partial charge in [-0.25, -0.2) is 0 Å². The van der Waals surface area contributed by atoms with E-state index in [0.717, 1.165) is 207 Å². The first-order chi connectivity index (χ1) is 66.4. The number of nitrogens with zero attached hydrogens (tertiary/aromatic N) is 1. The Kier molecular flexibility index (Phi) is 25.0. The lowest BCUT2D eigenvalue weighted by atomic mass is 9.34. The maximum atomic E-state index is 13.4. The van der Waals surface area contributed by atoms with Crippen molar-refractivity contribution in [1.29, 1.82) is 5.26 Å². The molecule has 0 aliphatic heterocycles. The number of aliphatic carboxylic acids is 1. The fourth-order valence-electron chi connectivity index (χ4n) is 37.1. The molecule has 4 unspecified atom stereocenters. The van der Waals surface area contributed by atoms with Gasteiger partial charge in [0.15, 0.2) is 46.0 Å². The Balaban J connectivity index is 0.000000132. The summed E-state index contributed by atoms with van der Waals surface area (Å²) in [7, 11) is -2.90. The van der Waals surface area contributed by atoms with Gasteiger partial charge in [-0.2, -0.15) is 13.7 Å². The zero-order valence-corrected chi connectivity index (χ0v) is 93.2. The highest BCUT2D eigenvalue weighted by Gasteiger charge is 2.74. The molecule has 0 aromatic heterocycles. The predicted molar refractivity (Wildman–Crippen MR) is 569 cm³/mol. The Morgan fingerprint density at radius 3 is 0.931 bits per heavy atom. The van der Waals surface area contributed by atoms with E-state index in [4.69, 9.17) is 10.6 Å². The fraction of sp³-hybridized carbons (Fsp3) is 0.675. The van der Waals surface area contributed by atoms with Crippen LogP contribution in [0.3, 0.4) is 0 Å². The summed E-state index contributed by atoms with van der Waals surface area (Å²) in [4.78, 5) is 50.7. The van der Waals surface area contributed by atoms with E-state index in [-0.39, 0.29) is 161 Å². The van der Waals surface area contributed by atoms with Crippen LogP contribution < -0.4 is 0 Å². The van der Waals surface area contributed by atoms with Gasteiger partial charge in [0, 0.05) is 43.8 Å². The van der Waals surface area contributed by atoms with Crippen molar-refractivity contribution in [3.8, 4) is 64.4 Å². The Morgan fingerprint density at radius 1 is 0.382 bits per heavy atom. The first-order valence-electron chi connectivity index (χ1n) is 54.6. The first kappa shape index (κ1) is 107. The van der Waals surface area contributed by atoms with Crippen LogP contribution in [0.1, 0.15) is 435 Å². The van der Waals surface area contributed by atoms with Crippen LogP contribution in [0.4, 0.5) is 0 Å². The first-order valence-corrected chi connectivity index (χ1v) is 56.1. The maximum absolute atomic E-state index is 13.4. The van der Waals surface area contributed by atoms with Crippen LogP contribution >= 0.6 is 0 Å². The van der Waals surface area contributed by atoms with E-state index in [2.05, 4.69) is 168 Å². The number of fused-ring (bicyclic) bond motifs is 28. The third-order valence-electron chi connectivity index (χ3n) is 48.9. The molecule has 0 amide bonds. The number of carbonyl (C=O) groups is 4. The van der Waals surface area contributed by atoms with Crippen molar-refractivity contribution >= 4 is 33.4 Å². The van der Waals surface area contributed by atoms with E-state index in [1.807, 2.05) is 45.9 Å². The van der Waals surface area contributed by atoms with Gasteiger partial charge < -0.3 is 46.0 Å². The van der Waals surface area contributed by atoms with Crippen molar-refractivity contribution in [2.45, 2.75) is 418 Å². The van der Waals surface area contributed by atoms with Gasteiger partial charge in [0.05, 0.1) is 30.4 Å². The molecule has 12 fully saturated rings. The number of hydrogen-bond acceptors (Lipinski definition) is 16. The summed E-state index contributed by atoms with van der Waals surface area (Å²) in [6.07, 6.45) is 45.7. The number of nitriles is 1. The number of carboxylic acid groups (broad SMARTS) is 1. The number of carbonyl (C=O) groups excluding carboxylic acids is 3. The van der Waals surface area contributed by atoms with Gasteiger partial charge in [0.25, 0.3) is 10.1 Å². The number of allylic oxidation sites excluding steroid dienone is 8. The lowest BCUT2D eigenvalue weighted by molar-refractivity contribution is -0.177. The topological polar surface area (TPSA) is 318 Å². The van der Waals surface area contributed by atoms with Crippen molar-refractivity contribution in [3.63, 3.8) is 0 Å². The zero-order valence-electron chi connectivity index (χ0n) is 92.3. The molecule has 782 valence electrons. The van der Waals surface area contributed by atoms with Crippen LogP contribution in [-0.4, -0.2) is 84.8 Å². The van der Waals surface area contributed by atoms with Crippen molar-refractivity contribution < 1.29 is 77.7 Å². The highest BCUT2D eigenvalue weighted by Crippen LogP contribution is 2.82. The second-order valence-corrected chi connectivity index (χ2v) is 57.1. The van der Waals surface area contributed by atoms with Crippen LogP contribution in [-0.2, 0) is 55.1 Å². The number of phenols is 8. The molecule has 0 spiro atoms. The number of terminal acetylenes is 1. The van der Waals surface area contributed by atoms with Gasteiger partial charge in [0.1, 0.15) is 22.6 Å². The average molecular weight is 1990 g/mol. The lowest BCUT2D eigenvalue weighted by Gasteiger charge is -2.70. The summed E-state index contributed by atoms with van der Waals surface area (Å²) >= 11 is 0. The number of rotatable bonds is 8. The molecular weight excluding hydrogens is 1820 g/mol. The molecule has 18 heteroatoms. The summed E-state index contributed by atoms with van der Waals surface area (Å²) in [5.74, 6) is 3.45. The summed E-state index contributed by atoms with van der Waals surface area (Å²) in [6, 6.07) is 9.40. The number of ketones is 3. The maximum Gasteiger partial charge on any atom is 0.309 e. The summed E-state index contributed by atoms with van der Waals surface area (Å²) in [5, 5.41) is 104. The Morgan fingerprint density at radius 2 is 0.639 bits per heavy atom. The largest absolute Gasteiger partial charge is 0.504 e. The molecule has 17 nitrogen and oxygen atoms in total. The van der Waals surface area contributed by atoms with E-state index in [1.54, 1.807) is 45.9 Å². The second-order valence-electron chi connectivity index (χ2n) is 55.3. The number of phenolic OH excluding ortho intramolecular Hbond substituents is 8. The summed E-state index contributed by atoms with van der Waals surface area (Å²) in [6.45, 7) is 63.5. The van der Waals surface area contributed by atoms with E-state index in [9.17, 15) is 78.8 Å². The SMILES string of the molecule is C#CC1C=C2[C@@](C)(CC[C@@]3(C)[C@@H]4C[C@](C)(C(C)=O)CC[C@]4(C)CC[C@]23C)c2cc(O)c(O)c(C)c21.C=CCC1C=C2[C@@](C)(CC[C@@]3(C)[C@@H]4C[C@](C)(C(C)=O)CC[C@]4(C)CC[C@]23C)c2cc(O)c(O)c(C)c21.CC(=O)[C@]1(C)CC[C@]2(C)CC[C@]3(C)C4=CC(C#N)c5c(cc(O)c(O)c5C)[C@]4(C)CC[C@@]3(C)[C@@H]2C1.COS(=O)(=O)C1C=C2[C@@](C)(CC[C@@]3(C)[C@@H]4C[C@](C)(C(=O)O)CC[C@]4(C)CC[C@]23C)c2cc(O)c(O)c(C)c21. The number of Topliss-reactive ketones (excluding diaryl/α,β-unsaturated/α-hetero) is 3. The van der Waals surface area contributed by atoms with Crippen molar-refractivity contribution in [3.05, 3.63) is 150 Å². The Hall–Kier alpha value is -8.58. The molecule has 4 aromatic carbocycles. The van der Waals surface area contributed by atoms with Gasteiger partial charge in [0.2, 0.25) is 0 Å². The molecule has 9 N–H and O–H groups in total. The summed E-state index contributed by atoms with van der Waals surface area (Å²) in [5.41, 5.74) is 12.8. The second kappa shape index (κ2) is 33.7. The van der Waals surface area contributed by atoms with Crippen molar-refractivity contribution in [2.75, 3.05) is 7.11 Å². The van der Waals surface area contributed by atoms with Crippen LogP contribution in [0.25, 0.3) is 0 Å². The molecule has 20 rings (SSSR count). The molecule has 0 heterocycles. The standard InChI is InChI=1S/C33H46O3.C32H42O3.C31H41NO3.C30H42O7S/c1-9-10-22-17-25-31(6,23-18-24(35)28(36)20(2)27(22)23)14-16-33(8)26-19-30(5,21(3)34)12-11-29(26,4)13-15-32(25,33)7;1-9-21-16-24-30(6,22-17-23(34)27(35)19(2)26(21)22)13-15-32(8)25-18-29(5,20(3)33)11-10-28(25,4)12-14-31(24,32)7;1-18-25-20(17-32)14-23-29(5,21(25)15-22(34)26(18)35)11-13-31(7)24-16-28(4,19(2)33)9-8-27(24,3)10-12-30(23,31)6;1-17-23-18(14-19(31)24(17)32)28(4)11-13-30(6)22-16-27(3,25(33)34)9-8-26(22,2)10-12-29(30,5)21(28)15-20(23)38(35,36)37-7/h9,17-18,22,26,35-36H,1,10-16,19H2,2-8H3;1,16-17,21,25,34-35H,10-15,18H2,2-8H3;14-15,20,24,34-35H,8-13,16H2,1-7H3;14-15,20,22,31-32H,8-13,16H2,1-7H3,(H,33,34)/t22?,26-,29-,30-,31+,32-,33+;21?,25-,28-,29-,30+,31-,32+;20?,24-,27-,28-,29+,30-,31+;20?,22-,26-,27-,28+,29-,30+/m1111/s1. The third kappa shape index (κ3) is 14.4. The van der Waals surface area contributed by atoms with Gasteiger partial charge in [-0.05, 0) is 421 Å². The third-order valence-corrected chi connectivity index (χ3v) is 50.3. The monoisotopic (exact) mass is 1990 g/mol. The van der Waals surface area contributed by atoms with Crippen LogP contribution in [0.2, 0.25) is 0 Å². The van der Waals surface area contributed by atoms with Crippen LogP contribution in [0.15, 0.2) is 83.5 Å². The number of benzene rings is 4. The minimum atomic E-state index is -4.06. The average Bonchev–Trinajstić information content (AvgIpc) is 0.673. The van der Waals surface area contributed by atoms with Gasteiger partial charge in [-0.15, -0.1) is 13.0 Å². The van der Waals surface area contributed by atoms with Gasteiger partial charge in [-0.3, -0.25) is 23.4 Å². The molecule has 0 radical (unpaired) electrons. The quantitative estimate of drug-likeness (QED) is 0.0343. The molecule has 0 saturated heterocycles. The number of aromatic hydroxyl groups is 8. The van der Waals surface area contributed by atoms with Crippen molar-refractivity contribution in [2.24, 2.45) is 110 Å². The smallest absolute Gasteiger partial charge is 0.309 e. The molecular formula is C126H171NO16S. The van der Waals surface area contributed by atoms with E-state index >= 15 is 0 Å². The molecule has 0 bridgehead atoms. The fourth-order valence-corrected chi connectivity index (χ4v) is 38.2. The lowest BCUT2D eigenvalue weighted by Crippen LogP contribution is -2.62. The minimum absolute atomic E-state index is 0.00859. The Bertz CT molecular complexity index is 6300. The van der Waals surface area contributed by atoms with Crippen molar-refractivity contribution in [1.82, 2.24) is 0 Å². The van der Waals surface area contributed by atoms with E-state index in [0.29, 0.717) is 70.2 Å². The molecule has 12 saturated carbocycles. The molecule has 144 heavy (non-hydrogen) atoms. The number of hydrogen-bond donors (Lipinski definition) is 9. The number of carboxylic acids is 1. The van der Waals surface area contributed by atoms with Gasteiger partial charge in [-0.1, -0.05) is 190 Å². The highest BCUT2D eigenvalue weighted by molar-refractivity contribution is 7.87. The predicted octanol–water partition coefficient (Wildman–Crippen LogP) is 28.9. The highest BCUT2D eigenvalue weighted by atomic mass is 32.2. The van der Waals surface area contributed by atoms with Gasteiger partial charge >= 0.3 is 5.97 Å². The minimum Gasteiger partial charge on any atom is -0.504 e. The zero-order chi connectivity index (χ0) is 106. The Labute approximate surface area is 860 Å².